The van der Waals surface area contributed by atoms with E-state index in [-0.39, 0.29) is 5.41 Å². The molecule has 0 N–H and O–H groups in total. The first-order valence-electron chi connectivity index (χ1n) is 13.1. The van der Waals surface area contributed by atoms with Gasteiger partial charge in [0.15, 0.2) is 0 Å². The molecule has 0 amide bonds. The smallest absolute Gasteiger partial charge is 0.263 e. The molecule has 0 bridgehead atoms. The van der Waals surface area contributed by atoms with Crippen LogP contribution in [0, 0.1) is 5.41 Å². The van der Waals surface area contributed by atoms with Crippen LogP contribution in [0.3, 0.4) is 0 Å². The van der Waals surface area contributed by atoms with Gasteiger partial charge in [-0.1, -0.05) is 78.9 Å². The van der Waals surface area contributed by atoms with Crippen LogP contribution in [-0.4, -0.2) is 6.54 Å². The lowest BCUT2D eigenvalue weighted by Crippen LogP contribution is -2.33. The quantitative estimate of drug-likeness (QED) is 0.236. The van der Waals surface area contributed by atoms with Gasteiger partial charge >= 0.3 is 0 Å². The predicted molar refractivity (Wildman–Crippen MR) is 163 cm³/mol. The molecular weight excluding hydrogens is 512 g/mol. The summed E-state index contributed by atoms with van der Waals surface area (Å²) in [6, 6.07) is 19.5. The Kier molecular flexibility index (Phi) is 6.46. The first-order valence-corrected chi connectivity index (χ1v) is 15.1. The largest absolute Gasteiger partial charge is 0.335 e. The fourth-order valence-corrected chi connectivity index (χ4v) is 8.38. The Labute approximate surface area is 233 Å². The van der Waals surface area contributed by atoms with E-state index in [1.54, 1.807) is 0 Å². The van der Waals surface area contributed by atoms with E-state index in [0.29, 0.717) is 0 Å². The molecule has 188 valence electrons. The molecule has 0 radical (unpaired) electrons. The van der Waals surface area contributed by atoms with Crippen LogP contribution >= 0.6 is 34.7 Å². The first-order chi connectivity index (χ1) is 17.8. The number of rotatable bonds is 4. The fourth-order valence-electron chi connectivity index (χ4n) is 5.81. The second kappa shape index (κ2) is 9.65. The third-order valence-electron chi connectivity index (χ3n) is 7.29. The third-order valence-corrected chi connectivity index (χ3v) is 9.74. The number of aromatic nitrogens is 1. The van der Waals surface area contributed by atoms with Gasteiger partial charge in [-0.3, -0.25) is 0 Å². The monoisotopic (exact) mass is 543 g/mol. The van der Waals surface area contributed by atoms with Crippen LogP contribution in [0.5, 0.6) is 0 Å². The molecule has 1 aliphatic carbocycles. The van der Waals surface area contributed by atoms with Gasteiger partial charge in [0.2, 0.25) is 5.52 Å². The molecule has 0 fully saturated rings. The SMILES string of the molecule is CCN1C(=CC2=CC(=Cc3sc4ccc5ccccc5c4[n+]3CC)CC(C)(C)C2)Sc2ccc(Cl)cc21. The summed E-state index contributed by atoms with van der Waals surface area (Å²) < 4.78 is 3.85. The molecule has 2 nitrogen and oxygen atoms in total. The van der Waals surface area contributed by atoms with Crippen LogP contribution in [0.1, 0.15) is 45.5 Å². The number of thioether (sulfide) groups is 1. The number of fused-ring (bicyclic) bond motifs is 4. The minimum atomic E-state index is 0.212. The van der Waals surface area contributed by atoms with E-state index in [9.17, 15) is 0 Å². The normalized spacial score (nSPS) is 19.3. The van der Waals surface area contributed by atoms with Crippen LogP contribution in [-0.2, 0) is 6.54 Å². The van der Waals surface area contributed by atoms with Gasteiger partial charge in [-0.25, -0.2) is 0 Å². The van der Waals surface area contributed by atoms with Crippen LogP contribution in [0.4, 0.5) is 5.69 Å². The number of aryl methyl sites for hydroxylation is 1. The topological polar surface area (TPSA) is 7.12 Å². The molecule has 4 aromatic rings. The van der Waals surface area contributed by atoms with Crippen molar-refractivity contribution in [1.82, 2.24) is 0 Å². The predicted octanol–water partition coefficient (Wildman–Crippen LogP) is 9.62. The lowest BCUT2D eigenvalue weighted by atomic mass is 9.75. The molecule has 2 aliphatic rings. The second-order valence-electron chi connectivity index (χ2n) is 10.7. The van der Waals surface area contributed by atoms with Crippen LogP contribution in [0.25, 0.3) is 27.1 Å². The van der Waals surface area contributed by atoms with Gasteiger partial charge < -0.3 is 4.90 Å². The van der Waals surface area contributed by atoms with E-state index < -0.39 is 0 Å². The van der Waals surface area contributed by atoms with Crippen molar-refractivity contribution in [2.45, 2.75) is 52.0 Å². The number of benzene rings is 3. The lowest BCUT2D eigenvalue weighted by molar-refractivity contribution is -0.664. The van der Waals surface area contributed by atoms with E-state index in [1.807, 2.05) is 29.2 Å². The molecule has 6 rings (SSSR count). The summed E-state index contributed by atoms with van der Waals surface area (Å²) in [4.78, 5) is 3.67. The van der Waals surface area contributed by atoms with Crippen molar-refractivity contribution >= 4 is 67.5 Å². The zero-order valence-electron chi connectivity index (χ0n) is 21.8. The molecule has 1 aliphatic heterocycles. The van der Waals surface area contributed by atoms with Gasteiger partial charge in [-0.05, 0) is 85.0 Å². The molecule has 5 heteroatoms. The summed E-state index contributed by atoms with van der Waals surface area (Å²) in [5.74, 6) is 0. The van der Waals surface area contributed by atoms with Crippen molar-refractivity contribution in [2.75, 3.05) is 11.4 Å². The molecule has 1 aromatic heterocycles. The Bertz CT molecular complexity index is 1620. The highest BCUT2D eigenvalue weighted by Crippen LogP contribution is 2.48. The van der Waals surface area contributed by atoms with Crippen molar-refractivity contribution < 1.29 is 4.57 Å². The Balaban J connectivity index is 1.42. The van der Waals surface area contributed by atoms with Crippen LogP contribution in [0.2, 0.25) is 5.02 Å². The molecule has 37 heavy (non-hydrogen) atoms. The number of thiazole rings is 1. The molecule has 2 heterocycles. The molecule has 0 spiro atoms. The zero-order chi connectivity index (χ0) is 25.7. The second-order valence-corrected chi connectivity index (χ2v) is 13.3. The van der Waals surface area contributed by atoms with E-state index in [0.717, 1.165) is 31.0 Å². The maximum atomic E-state index is 6.33. The molecule has 0 atom stereocenters. The van der Waals surface area contributed by atoms with Gasteiger partial charge in [0.1, 0.15) is 11.2 Å². The Morgan fingerprint density at radius 3 is 2.68 bits per heavy atom. The molecule has 0 saturated carbocycles. The molecule has 0 unspecified atom stereocenters. The van der Waals surface area contributed by atoms with Gasteiger partial charge in [-0.15, -0.1) is 0 Å². The maximum absolute atomic E-state index is 6.33. The Morgan fingerprint density at radius 1 is 1.03 bits per heavy atom. The summed E-state index contributed by atoms with van der Waals surface area (Å²) in [6.07, 6.45) is 9.44. The highest BCUT2D eigenvalue weighted by atomic mass is 35.5. The van der Waals surface area contributed by atoms with Gasteiger partial charge in [0.25, 0.3) is 5.01 Å². The van der Waals surface area contributed by atoms with Crippen LogP contribution < -0.4 is 9.47 Å². The minimum absolute atomic E-state index is 0.212. The number of hydrogen-bond acceptors (Lipinski definition) is 3. The number of halogens is 1. The Hall–Kier alpha value is -2.53. The summed E-state index contributed by atoms with van der Waals surface area (Å²) in [7, 11) is 0. The average molecular weight is 544 g/mol. The van der Waals surface area contributed by atoms with Gasteiger partial charge in [0, 0.05) is 22.5 Å². The summed E-state index contributed by atoms with van der Waals surface area (Å²) in [5, 5.41) is 6.06. The average Bonchev–Trinajstić information content (AvgIpc) is 3.39. The standard InChI is InChI=1S/C32H32ClN2S2/c1-5-34-26-18-24(33)12-14-27(26)36-29(34)16-21-15-22(20-32(3,4)19-21)17-30-35(6-2)31-25-10-8-7-9-23(25)11-13-28(31)37-30/h7-18H,5-6,19-20H2,1-4H3/q+1. The van der Waals surface area contributed by atoms with Gasteiger partial charge in [-0.2, -0.15) is 4.57 Å². The van der Waals surface area contributed by atoms with Crippen molar-refractivity contribution in [3.63, 3.8) is 0 Å². The van der Waals surface area contributed by atoms with Crippen LogP contribution in [0.15, 0.2) is 87.8 Å². The number of hydrogen-bond donors (Lipinski definition) is 0. The van der Waals surface area contributed by atoms with Crippen molar-refractivity contribution in [1.29, 1.82) is 0 Å². The molecule has 3 aromatic carbocycles. The summed E-state index contributed by atoms with van der Waals surface area (Å²) in [5.41, 5.74) is 5.60. The number of allylic oxidation sites excluding steroid dienone is 4. The third kappa shape index (κ3) is 4.65. The van der Waals surface area contributed by atoms with E-state index >= 15 is 0 Å². The highest BCUT2D eigenvalue weighted by Gasteiger charge is 2.29. The number of anilines is 1. The van der Waals surface area contributed by atoms with Crippen molar-refractivity contribution in [3.8, 4) is 0 Å². The summed E-state index contributed by atoms with van der Waals surface area (Å²) in [6.45, 7) is 11.1. The maximum Gasteiger partial charge on any atom is 0.263 e. The van der Waals surface area contributed by atoms with Crippen molar-refractivity contribution in [2.24, 2.45) is 5.41 Å². The lowest BCUT2D eigenvalue weighted by Gasteiger charge is -2.31. The van der Waals surface area contributed by atoms with Crippen molar-refractivity contribution in [3.05, 3.63) is 93.0 Å². The van der Waals surface area contributed by atoms with E-state index in [2.05, 4.69) is 104 Å². The summed E-state index contributed by atoms with van der Waals surface area (Å²) >= 11 is 10.1. The zero-order valence-corrected chi connectivity index (χ0v) is 24.2. The first kappa shape index (κ1) is 24.8. The highest BCUT2D eigenvalue weighted by molar-refractivity contribution is 8.03. The molecule has 0 saturated heterocycles. The van der Waals surface area contributed by atoms with Gasteiger partial charge in [0.05, 0.1) is 16.1 Å². The number of nitrogens with zero attached hydrogens (tertiary/aromatic N) is 2. The Morgan fingerprint density at radius 2 is 1.86 bits per heavy atom. The minimum Gasteiger partial charge on any atom is -0.335 e. The van der Waals surface area contributed by atoms with E-state index in [4.69, 9.17) is 11.6 Å². The fraction of sp³-hybridized carbons (Fsp3) is 0.281. The molecular formula is C32H32ClN2S2+. The van der Waals surface area contributed by atoms with E-state index in [1.165, 1.54) is 52.8 Å².